The zero-order valence-corrected chi connectivity index (χ0v) is 20.5. The molecule has 3 aromatic rings. The summed E-state index contributed by atoms with van der Waals surface area (Å²) >= 11 is 0. The van der Waals surface area contributed by atoms with E-state index >= 15 is 0 Å². The SMILES string of the molecule is COC(=O)c1ccc(-c2cc(CNC(=O)N[C@@H]3CNC[C@H]3CC(OC)c3ccc(F)c(F)c3)[nH]n2)cc1. The lowest BCUT2D eigenvalue weighted by atomic mass is 9.93. The third-order valence-electron chi connectivity index (χ3n) is 6.45. The summed E-state index contributed by atoms with van der Waals surface area (Å²) in [6.07, 6.45) is 0.0931. The van der Waals surface area contributed by atoms with E-state index in [4.69, 9.17) is 9.47 Å². The number of halogens is 2. The molecule has 0 radical (unpaired) electrons. The van der Waals surface area contributed by atoms with Gasteiger partial charge in [-0.15, -0.1) is 0 Å². The van der Waals surface area contributed by atoms with Crippen molar-refractivity contribution < 1.29 is 27.8 Å². The summed E-state index contributed by atoms with van der Waals surface area (Å²) in [5.74, 6) is -2.20. The van der Waals surface area contributed by atoms with E-state index in [1.54, 1.807) is 24.3 Å². The van der Waals surface area contributed by atoms with Crippen molar-refractivity contribution in [1.29, 1.82) is 0 Å². The third-order valence-corrected chi connectivity index (χ3v) is 6.45. The number of aromatic amines is 1. The van der Waals surface area contributed by atoms with Gasteiger partial charge in [0.25, 0.3) is 0 Å². The Kier molecular flexibility index (Phi) is 8.47. The first kappa shape index (κ1) is 26.2. The number of esters is 1. The highest BCUT2D eigenvalue weighted by Crippen LogP contribution is 2.29. The van der Waals surface area contributed by atoms with Crippen LogP contribution >= 0.6 is 0 Å². The molecule has 2 heterocycles. The highest BCUT2D eigenvalue weighted by Gasteiger charge is 2.31. The molecule has 2 amide bonds. The number of H-pyrrole nitrogens is 1. The van der Waals surface area contributed by atoms with Gasteiger partial charge in [0.1, 0.15) is 0 Å². The van der Waals surface area contributed by atoms with Crippen LogP contribution in [0.3, 0.4) is 0 Å². The Hall–Kier alpha value is -3.83. The van der Waals surface area contributed by atoms with Crippen molar-refractivity contribution in [2.24, 2.45) is 5.92 Å². The summed E-state index contributed by atoms with van der Waals surface area (Å²) in [6, 6.07) is 11.9. The number of rotatable bonds is 9. The summed E-state index contributed by atoms with van der Waals surface area (Å²) in [5.41, 5.74) is 3.19. The molecule has 0 bridgehead atoms. The highest BCUT2D eigenvalue weighted by atomic mass is 19.2. The van der Waals surface area contributed by atoms with Crippen molar-refractivity contribution in [1.82, 2.24) is 26.1 Å². The Balaban J connectivity index is 1.29. The molecule has 2 aromatic carbocycles. The molecule has 4 N–H and O–H groups in total. The maximum Gasteiger partial charge on any atom is 0.337 e. The van der Waals surface area contributed by atoms with Gasteiger partial charge in [-0.1, -0.05) is 18.2 Å². The average Bonchev–Trinajstić information content (AvgIpc) is 3.57. The molecule has 37 heavy (non-hydrogen) atoms. The van der Waals surface area contributed by atoms with Gasteiger partial charge in [0.05, 0.1) is 36.7 Å². The summed E-state index contributed by atoms with van der Waals surface area (Å²) in [4.78, 5) is 24.2. The van der Waals surface area contributed by atoms with Gasteiger partial charge >= 0.3 is 12.0 Å². The normalized spacial score (nSPS) is 17.8. The highest BCUT2D eigenvalue weighted by molar-refractivity contribution is 5.89. The lowest BCUT2D eigenvalue weighted by molar-refractivity contribution is 0.0600. The van der Waals surface area contributed by atoms with Crippen LogP contribution in [0, 0.1) is 17.6 Å². The van der Waals surface area contributed by atoms with Gasteiger partial charge in [-0.05, 0) is 48.2 Å². The second kappa shape index (κ2) is 11.9. The van der Waals surface area contributed by atoms with Crippen molar-refractivity contribution in [3.05, 3.63) is 77.0 Å². The van der Waals surface area contributed by atoms with Crippen LogP contribution in [0.1, 0.15) is 34.1 Å². The number of carbonyl (C=O) groups excluding carboxylic acids is 2. The Bertz CT molecular complexity index is 1230. The Morgan fingerprint density at radius 1 is 1.08 bits per heavy atom. The van der Waals surface area contributed by atoms with E-state index < -0.39 is 23.7 Å². The van der Waals surface area contributed by atoms with E-state index in [9.17, 15) is 18.4 Å². The van der Waals surface area contributed by atoms with Crippen LogP contribution in [0.2, 0.25) is 0 Å². The first-order valence-electron chi connectivity index (χ1n) is 11.8. The molecule has 0 spiro atoms. The molecule has 0 aliphatic carbocycles. The fraction of sp³-hybridized carbons (Fsp3) is 0.346. The van der Waals surface area contributed by atoms with E-state index in [-0.39, 0.29) is 24.5 Å². The molecule has 1 aromatic heterocycles. The number of nitrogens with zero attached hydrogens (tertiary/aromatic N) is 1. The number of aromatic nitrogens is 2. The van der Waals surface area contributed by atoms with Gasteiger partial charge in [0, 0.05) is 31.8 Å². The summed E-state index contributed by atoms with van der Waals surface area (Å²) in [5, 5.41) is 16.2. The minimum Gasteiger partial charge on any atom is -0.465 e. The van der Waals surface area contributed by atoms with Crippen LogP contribution in [0.4, 0.5) is 13.6 Å². The van der Waals surface area contributed by atoms with Crippen molar-refractivity contribution >= 4 is 12.0 Å². The van der Waals surface area contributed by atoms with Crippen LogP contribution in [-0.4, -0.2) is 55.5 Å². The van der Waals surface area contributed by atoms with E-state index in [0.717, 1.165) is 17.7 Å². The molecule has 196 valence electrons. The molecule has 4 rings (SSSR count). The van der Waals surface area contributed by atoms with Gasteiger partial charge in [0.2, 0.25) is 0 Å². The largest absolute Gasteiger partial charge is 0.465 e. The second-order valence-electron chi connectivity index (χ2n) is 8.83. The monoisotopic (exact) mass is 513 g/mol. The maximum atomic E-state index is 13.7. The van der Waals surface area contributed by atoms with Crippen molar-refractivity contribution in [2.45, 2.75) is 25.1 Å². The zero-order chi connectivity index (χ0) is 26.4. The quantitative estimate of drug-likeness (QED) is 0.326. The zero-order valence-electron chi connectivity index (χ0n) is 20.5. The topological polar surface area (TPSA) is 117 Å². The molecule has 9 nitrogen and oxygen atoms in total. The predicted molar refractivity (Wildman–Crippen MR) is 132 cm³/mol. The lowest BCUT2D eigenvalue weighted by Crippen LogP contribution is -2.45. The molecule has 1 saturated heterocycles. The first-order chi connectivity index (χ1) is 17.9. The number of amides is 2. The van der Waals surface area contributed by atoms with E-state index in [0.29, 0.717) is 42.0 Å². The number of benzene rings is 2. The Labute approximate surface area is 212 Å². The minimum atomic E-state index is -0.918. The van der Waals surface area contributed by atoms with Crippen molar-refractivity contribution in [3.63, 3.8) is 0 Å². The molecule has 1 fully saturated rings. The number of methoxy groups -OCH3 is 2. The minimum absolute atomic E-state index is 0.0375. The van der Waals surface area contributed by atoms with Crippen LogP contribution in [0.25, 0.3) is 11.3 Å². The summed E-state index contributed by atoms with van der Waals surface area (Å²) in [6.45, 7) is 1.48. The van der Waals surface area contributed by atoms with E-state index in [1.807, 2.05) is 6.07 Å². The van der Waals surface area contributed by atoms with Gasteiger partial charge in [-0.2, -0.15) is 5.10 Å². The molecule has 11 heteroatoms. The number of hydrogen-bond acceptors (Lipinski definition) is 6. The van der Waals surface area contributed by atoms with Gasteiger partial charge in [0.15, 0.2) is 11.6 Å². The molecule has 1 aliphatic rings. The van der Waals surface area contributed by atoms with Crippen LogP contribution < -0.4 is 16.0 Å². The fourth-order valence-corrected chi connectivity index (χ4v) is 4.40. The fourth-order valence-electron chi connectivity index (χ4n) is 4.40. The number of nitrogens with one attached hydrogen (secondary N) is 4. The summed E-state index contributed by atoms with van der Waals surface area (Å²) < 4.78 is 37.2. The second-order valence-corrected chi connectivity index (χ2v) is 8.83. The van der Waals surface area contributed by atoms with Crippen LogP contribution in [0.5, 0.6) is 0 Å². The molecular formula is C26H29F2N5O4. The number of hydrogen-bond donors (Lipinski definition) is 4. The van der Waals surface area contributed by atoms with Gasteiger partial charge in [-0.3, -0.25) is 5.10 Å². The number of carbonyl (C=O) groups is 2. The standard InChI is InChI=1S/C26H29F2N5O4/c1-36-24(17-7-8-20(27)21(28)9-17)10-18-12-29-14-23(18)31-26(35)30-13-19-11-22(33-32-19)15-3-5-16(6-4-15)25(34)37-2/h3-9,11,18,23-24,29H,10,12-14H2,1-2H3,(H,32,33)(H2,30,31,35)/t18-,23-,24?/m1/s1. The molecule has 3 atom stereocenters. The molecule has 0 saturated carbocycles. The smallest absolute Gasteiger partial charge is 0.337 e. The summed E-state index contributed by atoms with van der Waals surface area (Å²) in [7, 11) is 2.85. The van der Waals surface area contributed by atoms with Crippen LogP contribution in [-0.2, 0) is 16.0 Å². The van der Waals surface area contributed by atoms with E-state index in [1.165, 1.54) is 20.3 Å². The first-order valence-corrected chi connectivity index (χ1v) is 11.8. The van der Waals surface area contributed by atoms with Gasteiger partial charge in [-0.25, -0.2) is 18.4 Å². The number of urea groups is 1. The van der Waals surface area contributed by atoms with E-state index in [2.05, 4.69) is 26.1 Å². The van der Waals surface area contributed by atoms with Crippen LogP contribution in [0.15, 0.2) is 48.5 Å². The molecular weight excluding hydrogens is 484 g/mol. The van der Waals surface area contributed by atoms with Gasteiger partial charge < -0.3 is 25.4 Å². The third kappa shape index (κ3) is 6.49. The Morgan fingerprint density at radius 2 is 1.86 bits per heavy atom. The van der Waals surface area contributed by atoms with Crippen molar-refractivity contribution in [2.75, 3.05) is 27.3 Å². The predicted octanol–water partition coefficient (Wildman–Crippen LogP) is 3.31. The number of ether oxygens (including phenoxy) is 2. The molecule has 1 unspecified atom stereocenters. The average molecular weight is 514 g/mol. The Morgan fingerprint density at radius 3 is 2.57 bits per heavy atom. The molecule has 1 aliphatic heterocycles. The lowest BCUT2D eigenvalue weighted by Gasteiger charge is -2.25. The maximum absolute atomic E-state index is 13.7. The van der Waals surface area contributed by atoms with Crippen molar-refractivity contribution in [3.8, 4) is 11.3 Å².